The molecule has 1 aromatic heterocycles. The second-order valence-electron chi connectivity index (χ2n) is 5.05. The molecule has 0 fully saturated rings. The van der Waals surface area contributed by atoms with Crippen LogP contribution in [0, 0.1) is 6.92 Å². The molecule has 2 aromatic rings. The van der Waals surface area contributed by atoms with Crippen LogP contribution in [0.1, 0.15) is 25.3 Å². The zero-order valence-electron chi connectivity index (χ0n) is 12.3. The van der Waals surface area contributed by atoms with Crippen LogP contribution in [0.2, 0.25) is 0 Å². The molecule has 0 bridgehead atoms. The van der Waals surface area contributed by atoms with Crippen molar-refractivity contribution in [3.05, 3.63) is 41.8 Å². The maximum Gasteiger partial charge on any atom is 0.242 e. The summed E-state index contributed by atoms with van der Waals surface area (Å²) in [4.78, 5) is 0.221. The molecular formula is C14H19N3O3S. The van der Waals surface area contributed by atoms with Gasteiger partial charge in [0.1, 0.15) is 16.3 Å². The molecule has 0 spiro atoms. The fourth-order valence-electron chi connectivity index (χ4n) is 1.91. The molecular weight excluding hydrogens is 290 g/mol. The molecule has 1 heterocycles. The maximum atomic E-state index is 12.3. The zero-order valence-corrected chi connectivity index (χ0v) is 13.1. The first-order chi connectivity index (χ1) is 9.88. The van der Waals surface area contributed by atoms with Crippen LogP contribution < -0.4 is 10.0 Å². The van der Waals surface area contributed by atoms with E-state index in [9.17, 15) is 8.42 Å². The van der Waals surface area contributed by atoms with Gasteiger partial charge in [-0.2, -0.15) is 0 Å². The maximum absolute atomic E-state index is 12.3. The van der Waals surface area contributed by atoms with Crippen LogP contribution in [-0.2, 0) is 16.6 Å². The van der Waals surface area contributed by atoms with Gasteiger partial charge in [0.2, 0.25) is 10.0 Å². The Kier molecular flexibility index (Phi) is 4.64. The molecule has 0 aliphatic heterocycles. The molecule has 0 saturated heterocycles. The predicted octanol–water partition coefficient (Wildman–Crippen LogP) is 2.28. The van der Waals surface area contributed by atoms with Gasteiger partial charge >= 0.3 is 0 Å². The lowest BCUT2D eigenvalue weighted by atomic mass is 10.3. The Morgan fingerprint density at radius 1 is 1.29 bits per heavy atom. The van der Waals surface area contributed by atoms with Gasteiger partial charge in [-0.05, 0) is 32.9 Å². The van der Waals surface area contributed by atoms with Crippen molar-refractivity contribution in [1.82, 2.24) is 9.88 Å². The van der Waals surface area contributed by atoms with E-state index in [1.165, 1.54) is 0 Å². The number of anilines is 1. The summed E-state index contributed by atoms with van der Waals surface area (Å²) < 4.78 is 32.1. The second kappa shape index (κ2) is 6.28. The van der Waals surface area contributed by atoms with Crippen molar-refractivity contribution in [2.75, 3.05) is 5.32 Å². The third kappa shape index (κ3) is 4.05. The van der Waals surface area contributed by atoms with Gasteiger partial charge in [-0.3, -0.25) is 0 Å². The first-order valence-electron chi connectivity index (χ1n) is 6.66. The average Bonchev–Trinajstić information content (AvgIpc) is 2.81. The first-order valence-corrected chi connectivity index (χ1v) is 8.14. The van der Waals surface area contributed by atoms with E-state index in [1.807, 2.05) is 6.92 Å². The average molecular weight is 309 g/mol. The van der Waals surface area contributed by atoms with Gasteiger partial charge in [0.05, 0.1) is 12.2 Å². The Bertz CT molecular complexity index is 708. The molecule has 1 aromatic carbocycles. The molecule has 0 atom stereocenters. The fraction of sp³-hybridized carbons (Fsp3) is 0.357. The second-order valence-corrected chi connectivity index (χ2v) is 6.74. The lowest BCUT2D eigenvalue weighted by Crippen LogP contribution is -2.30. The smallest absolute Gasteiger partial charge is 0.242 e. The SMILES string of the molecule is Cc1cc(CNc2ccccc2S(=O)(=O)NC(C)C)no1. The summed E-state index contributed by atoms with van der Waals surface area (Å²) in [5.74, 6) is 0.717. The van der Waals surface area contributed by atoms with Crippen LogP contribution in [0.5, 0.6) is 0 Å². The molecule has 2 rings (SSSR count). The molecule has 21 heavy (non-hydrogen) atoms. The van der Waals surface area contributed by atoms with E-state index in [1.54, 1.807) is 44.2 Å². The molecule has 114 valence electrons. The Morgan fingerprint density at radius 3 is 2.62 bits per heavy atom. The van der Waals surface area contributed by atoms with Gasteiger partial charge in [-0.25, -0.2) is 13.1 Å². The van der Waals surface area contributed by atoms with E-state index < -0.39 is 10.0 Å². The van der Waals surface area contributed by atoms with Gasteiger partial charge < -0.3 is 9.84 Å². The van der Waals surface area contributed by atoms with E-state index in [2.05, 4.69) is 15.2 Å². The highest BCUT2D eigenvalue weighted by molar-refractivity contribution is 7.89. The first kappa shape index (κ1) is 15.5. The number of aryl methyl sites for hydroxylation is 1. The molecule has 2 N–H and O–H groups in total. The van der Waals surface area contributed by atoms with Gasteiger partial charge in [0.15, 0.2) is 0 Å². The van der Waals surface area contributed by atoms with Crippen LogP contribution in [0.4, 0.5) is 5.69 Å². The Morgan fingerprint density at radius 2 is 2.00 bits per heavy atom. The molecule has 0 radical (unpaired) electrons. The van der Waals surface area contributed by atoms with E-state index in [0.717, 1.165) is 5.69 Å². The minimum Gasteiger partial charge on any atom is -0.378 e. The number of aromatic nitrogens is 1. The van der Waals surface area contributed by atoms with Crippen molar-refractivity contribution < 1.29 is 12.9 Å². The number of hydrogen-bond donors (Lipinski definition) is 2. The van der Waals surface area contributed by atoms with Crippen LogP contribution in [0.15, 0.2) is 39.8 Å². The van der Waals surface area contributed by atoms with Crippen molar-refractivity contribution in [1.29, 1.82) is 0 Å². The molecule has 7 heteroatoms. The third-order valence-electron chi connectivity index (χ3n) is 2.70. The summed E-state index contributed by atoms with van der Waals surface area (Å²) in [5, 5.41) is 6.95. The van der Waals surface area contributed by atoms with Crippen LogP contribution in [0.3, 0.4) is 0 Å². The van der Waals surface area contributed by atoms with Gasteiger partial charge in [0, 0.05) is 12.1 Å². The lowest BCUT2D eigenvalue weighted by Gasteiger charge is -2.14. The van der Waals surface area contributed by atoms with Crippen LogP contribution in [0.25, 0.3) is 0 Å². The standard InChI is InChI=1S/C14H19N3O3S/c1-10(2)17-21(18,19)14-7-5-4-6-13(14)15-9-12-8-11(3)20-16-12/h4-8,10,15,17H,9H2,1-3H3. The topological polar surface area (TPSA) is 84.2 Å². The Hall–Kier alpha value is -1.86. The zero-order chi connectivity index (χ0) is 15.5. The normalized spacial score (nSPS) is 11.8. The predicted molar refractivity (Wildman–Crippen MR) is 80.5 cm³/mol. The van der Waals surface area contributed by atoms with E-state index in [0.29, 0.717) is 18.0 Å². The number of benzene rings is 1. The monoisotopic (exact) mass is 309 g/mol. The summed E-state index contributed by atoms with van der Waals surface area (Å²) in [5.41, 5.74) is 1.25. The van der Waals surface area contributed by atoms with Gasteiger partial charge in [0.25, 0.3) is 0 Å². The fourth-order valence-corrected chi connectivity index (χ4v) is 3.34. The minimum atomic E-state index is -3.55. The Labute approximate surface area is 124 Å². The highest BCUT2D eigenvalue weighted by Crippen LogP contribution is 2.21. The van der Waals surface area contributed by atoms with Gasteiger partial charge in [-0.15, -0.1) is 0 Å². The number of rotatable bonds is 6. The molecule has 0 saturated carbocycles. The summed E-state index contributed by atoms with van der Waals surface area (Å²) in [6, 6.07) is 8.41. The van der Waals surface area contributed by atoms with E-state index in [-0.39, 0.29) is 10.9 Å². The molecule has 0 aliphatic rings. The number of nitrogens with zero attached hydrogens (tertiary/aromatic N) is 1. The van der Waals surface area contributed by atoms with Gasteiger partial charge in [-0.1, -0.05) is 17.3 Å². The molecule has 6 nitrogen and oxygen atoms in total. The van der Waals surface area contributed by atoms with Crippen molar-refractivity contribution in [2.45, 2.75) is 38.3 Å². The Balaban J connectivity index is 2.21. The number of sulfonamides is 1. The van der Waals surface area contributed by atoms with Crippen LogP contribution >= 0.6 is 0 Å². The van der Waals surface area contributed by atoms with Crippen LogP contribution in [-0.4, -0.2) is 19.6 Å². The highest BCUT2D eigenvalue weighted by atomic mass is 32.2. The highest BCUT2D eigenvalue weighted by Gasteiger charge is 2.19. The van der Waals surface area contributed by atoms with Crippen molar-refractivity contribution in [3.8, 4) is 0 Å². The van der Waals surface area contributed by atoms with Crippen molar-refractivity contribution in [2.24, 2.45) is 0 Å². The number of hydrogen-bond acceptors (Lipinski definition) is 5. The summed E-state index contributed by atoms with van der Waals surface area (Å²) in [6.45, 7) is 5.77. The van der Waals surface area contributed by atoms with Crippen molar-refractivity contribution in [3.63, 3.8) is 0 Å². The quantitative estimate of drug-likeness (QED) is 0.855. The molecule has 0 aliphatic carbocycles. The minimum absolute atomic E-state index is 0.166. The molecule has 0 amide bonds. The number of nitrogens with one attached hydrogen (secondary N) is 2. The molecule has 0 unspecified atom stereocenters. The van der Waals surface area contributed by atoms with Crippen molar-refractivity contribution >= 4 is 15.7 Å². The summed E-state index contributed by atoms with van der Waals surface area (Å²) in [7, 11) is -3.55. The summed E-state index contributed by atoms with van der Waals surface area (Å²) >= 11 is 0. The summed E-state index contributed by atoms with van der Waals surface area (Å²) in [6.07, 6.45) is 0. The van der Waals surface area contributed by atoms with E-state index in [4.69, 9.17) is 4.52 Å². The largest absolute Gasteiger partial charge is 0.378 e. The number of para-hydroxylation sites is 1. The van der Waals surface area contributed by atoms with E-state index >= 15 is 0 Å². The third-order valence-corrected chi connectivity index (χ3v) is 4.42. The lowest BCUT2D eigenvalue weighted by molar-refractivity contribution is 0.391.